The Labute approximate surface area is 93.7 Å². The Hall–Kier alpha value is -2.09. The molecule has 3 aromatic rings. The minimum absolute atomic E-state index is 0.920. The molecule has 2 heterocycles. The average molecular weight is 210 g/mol. The number of pyridine rings is 2. The van der Waals surface area contributed by atoms with Crippen molar-refractivity contribution in [2.75, 3.05) is 7.11 Å². The Bertz CT molecular complexity index is 661. The summed E-state index contributed by atoms with van der Waals surface area (Å²) >= 11 is 0. The van der Waals surface area contributed by atoms with Crippen molar-refractivity contribution in [1.29, 1.82) is 0 Å². The van der Waals surface area contributed by atoms with E-state index in [-0.39, 0.29) is 0 Å². The van der Waals surface area contributed by atoms with Crippen LogP contribution < -0.4 is 9.14 Å². The van der Waals surface area contributed by atoms with E-state index in [1.54, 1.807) is 7.11 Å². The van der Waals surface area contributed by atoms with Gasteiger partial charge in [-0.15, -0.1) is 0 Å². The van der Waals surface area contributed by atoms with Gasteiger partial charge in [-0.25, -0.2) is 0 Å². The maximum atomic E-state index is 5.37. The molecule has 0 saturated heterocycles. The molecular weight excluding hydrogens is 198 g/mol. The van der Waals surface area contributed by atoms with Crippen molar-refractivity contribution in [3.8, 4) is 5.75 Å². The molecule has 0 unspecified atom stereocenters. The van der Waals surface area contributed by atoms with Crippen LogP contribution in [0.4, 0.5) is 0 Å². The van der Waals surface area contributed by atoms with Gasteiger partial charge in [-0.2, -0.15) is 4.40 Å². The second-order valence-corrected chi connectivity index (χ2v) is 3.77. The standard InChI is InChI=1S/C14H12NO/c1-16-14-7-4-5-11-10-15-8-3-2-6-12(15)9-13(11)14/h2-10H,1H3/q+1. The summed E-state index contributed by atoms with van der Waals surface area (Å²) < 4.78 is 7.48. The van der Waals surface area contributed by atoms with E-state index in [4.69, 9.17) is 4.74 Å². The monoisotopic (exact) mass is 210 g/mol. The number of hydrogen-bond acceptors (Lipinski definition) is 1. The zero-order valence-corrected chi connectivity index (χ0v) is 9.05. The Morgan fingerprint density at radius 1 is 1.06 bits per heavy atom. The zero-order valence-electron chi connectivity index (χ0n) is 9.05. The van der Waals surface area contributed by atoms with E-state index < -0.39 is 0 Å². The van der Waals surface area contributed by atoms with Gasteiger partial charge < -0.3 is 4.74 Å². The van der Waals surface area contributed by atoms with Crippen molar-refractivity contribution in [3.05, 3.63) is 54.9 Å². The summed E-state index contributed by atoms with van der Waals surface area (Å²) in [6.07, 6.45) is 4.17. The number of hydrogen-bond donors (Lipinski definition) is 0. The molecule has 0 saturated carbocycles. The molecule has 0 spiro atoms. The lowest BCUT2D eigenvalue weighted by atomic mass is 10.1. The lowest BCUT2D eigenvalue weighted by Crippen LogP contribution is -2.19. The number of ether oxygens (including phenoxy) is 1. The van der Waals surface area contributed by atoms with Crippen molar-refractivity contribution >= 4 is 16.3 Å². The first-order chi connectivity index (χ1) is 7.88. The van der Waals surface area contributed by atoms with Crippen LogP contribution in [0.3, 0.4) is 0 Å². The summed E-state index contributed by atoms with van der Waals surface area (Å²) in [4.78, 5) is 0. The summed E-state index contributed by atoms with van der Waals surface area (Å²) in [5.74, 6) is 0.920. The van der Waals surface area contributed by atoms with E-state index in [0.717, 1.165) is 11.1 Å². The van der Waals surface area contributed by atoms with Crippen LogP contribution >= 0.6 is 0 Å². The fraction of sp³-hybridized carbons (Fsp3) is 0.0714. The van der Waals surface area contributed by atoms with Crippen LogP contribution in [-0.4, -0.2) is 7.11 Å². The van der Waals surface area contributed by atoms with Crippen molar-refractivity contribution in [2.24, 2.45) is 0 Å². The first-order valence-electron chi connectivity index (χ1n) is 5.25. The number of nitrogens with zero attached hydrogens (tertiary/aromatic N) is 1. The predicted octanol–water partition coefficient (Wildman–Crippen LogP) is 2.59. The molecule has 1 aromatic carbocycles. The quantitative estimate of drug-likeness (QED) is 0.444. The topological polar surface area (TPSA) is 13.3 Å². The third-order valence-corrected chi connectivity index (χ3v) is 2.81. The van der Waals surface area contributed by atoms with Gasteiger partial charge in [-0.3, -0.25) is 0 Å². The van der Waals surface area contributed by atoms with Gasteiger partial charge in [0.2, 0.25) is 5.52 Å². The van der Waals surface area contributed by atoms with Crippen LogP contribution in [0.15, 0.2) is 54.9 Å². The fourth-order valence-corrected chi connectivity index (χ4v) is 2.01. The van der Waals surface area contributed by atoms with Crippen LogP contribution in [0.2, 0.25) is 0 Å². The summed E-state index contributed by atoms with van der Waals surface area (Å²) in [5, 5.41) is 2.33. The smallest absolute Gasteiger partial charge is 0.211 e. The SMILES string of the molecule is COc1cccc2c[n+]3ccccc3cc12. The Balaban J connectivity index is 2.46. The van der Waals surface area contributed by atoms with Gasteiger partial charge >= 0.3 is 0 Å². The van der Waals surface area contributed by atoms with Gasteiger partial charge in [0.25, 0.3) is 0 Å². The van der Waals surface area contributed by atoms with E-state index in [1.165, 1.54) is 10.9 Å². The normalized spacial score (nSPS) is 10.8. The lowest BCUT2D eigenvalue weighted by Gasteiger charge is -2.03. The van der Waals surface area contributed by atoms with Gasteiger partial charge in [0.1, 0.15) is 5.75 Å². The minimum Gasteiger partial charge on any atom is -0.496 e. The Morgan fingerprint density at radius 2 is 2.00 bits per heavy atom. The van der Waals surface area contributed by atoms with Gasteiger partial charge in [0.15, 0.2) is 12.4 Å². The molecule has 0 fully saturated rings. The molecule has 3 rings (SSSR count). The molecule has 0 radical (unpaired) electrons. The number of benzene rings is 1. The summed E-state index contributed by atoms with van der Waals surface area (Å²) in [7, 11) is 1.71. The van der Waals surface area contributed by atoms with Crippen molar-refractivity contribution < 1.29 is 9.14 Å². The molecule has 16 heavy (non-hydrogen) atoms. The summed E-state index contributed by atoms with van der Waals surface area (Å²) in [5.41, 5.74) is 1.17. The van der Waals surface area contributed by atoms with E-state index >= 15 is 0 Å². The lowest BCUT2D eigenvalue weighted by molar-refractivity contribution is -0.510. The Kier molecular flexibility index (Phi) is 2.00. The number of methoxy groups -OCH3 is 1. The van der Waals surface area contributed by atoms with Crippen LogP contribution in [-0.2, 0) is 0 Å². The van der Waals surface area contributed by atoms with Gasteiger partial charge in [0.05, 0.1) is 7.11 Å². The third-order valence-electron chi connectivity index (χ3n) is 2.81. The Morgan fingerprint density at radius 3 is 2.88 bits per heavy atom. The first-order valence-corrected chi connectivity index (χ1v) is 5.25. The minimum atomic E-state index is 0.920. The van der Waals surface area contributed by atoms with Crippen molar-refractivity contribution in [3.63, 3.8) is 0 Å². The molecule has 0 atom stereocenters. The van der Waals surface area contributed by atoms with E-state index in [1.807, 2.05) is 30.5 Å². The highest BCUT2D eigenvalue weighted by Crippen LogP contribution is 2.24. The molecule has 2 heteroatoms. The van der Waals surface area contributed by atoms with Gasteiger partial charge in [-0.05, 0) is 18.2 Å². The summed E-state index contributed by atoms with van der Waals surface area (Å²) in [6.45, 7) is 0. The average Bonchev–Trinajstić information content (AvgIpc) is 2.35. The van der Waals surface area contributed by atoms with Crippen LogP contribution in [0.5, 0.6) is 5.75 Å². The van der Waals surface area contributed by atoms with Crippen molar-refractivity contribution in [1.82, 2.24) is 0 Å². The summed E-state index contributed by atoms with van der Waals surface area (Å²) in [6, 6.07) is 14.4. The molecule has 0 aliphatic rings. The molecule has 0 N–H and O–H groups in total. The molecule has 0 amide bonds. The maximum Gasteiger partial charge on any atom is 0.211 e. The van der Waals surface area contributed by atoms with E-state index in [2.05, 4.69) is 28.8 Å². The highest BCUT2D eigenvalue weighted by molar-refractivity contribution is 5.89. The number of fused-ring (bicyclic) bond motifs is 2. The molecule has 2 aromatic heterocycles. The first kappa shape index (κ1) is 9.16. The van der Waals surface area contributed by atoms with E-state index in [0.29, 0.717) is 0 Å². The van der Waals surface area contributed by atoms with Crippen LogP contribution in [0, 0.1) is 0 Å². The molecule has 0 aliphatic carbocycles. The highest BCUT2D eigenvalue weighted by Gasteiger charge is 2.07. The second-order valence-electron chi connectivity index (χ2n) is 3.77. The fourth-order valence-electron chi connectivity index (χ4n) is 2.01. The maximum absolute atomic E-state index is 5.37. The third kappa shape index (κ3) is 1.31. The van der Waals surface area contributed by atoms with Crippen LogP contribution in [0.25, 0.3) is 16.3 Å². The predicted molar refractivity (Wildman–Crippen MR) is 63.7 cm³/mol. The molecule has 0 aliphatic heterocycles. The number of rotatable bonds is 1. The van der Waals surface area contributed by atoms with Crippen molar-refractivity contribution in [2.45, 2.75) is 0 Å². The molecule has 2 nitrogen and oxygen atoms in total. The second kappa shape index (κ2) is 3.49. The molecule has 78 valence electrons. The molecular formula is C14H12NO+. The zero-order chi connectivity index (χ0) is 11.0. The van der Waals surface area contributed by atoms with Gasteiger partial charge in [0, 0.05) is 29.0 Å². The molecule has 0 bridgehead atoms. The van der Waals surface area contributed by atoms with Gasteiger partial charge in [-0.1, -0.05) is 6.07 Å². The number of aromatic nitrogens is 1. The highest BCUT2D eigenvalue weighted by atomic mass is 16.5. The van der Waals surface area contributed by atoms with Crippen LogP contribution in [0.1, 0.15) is 0 Å². The largest absolute Gasteiger partial charge is 0.496 e. The van der Waals surface area contributed by atoms with E-state index in [9.17, 15) is 0 Å².